The molecule has 1 aromatic carbocycles. The second-order valence-electron chi connectivity index (χ2n) is 5.23. The first-order valence-corrected chi connectivity index (χ1v) is 7.14. The van der Waals surface area contributed by atoms with Gasteiger partial charge in [0.15, 0.2) is 0 Å². The fraction of sp³-hybridized carbons (Fsp3) is 0.533. The Morgan fingerprint density at radius 1 is 1.25 bits per heavy atom. The molecule has 0 spiro atoms. The lowest BCUT2D eigenvalue weighted by molar-refractivity contribution is 0.187. The molecule has 110 valence electrons. The molecule has 0 aromatic heterocycles. The van der Waals surface area contributed by atoms with E-state index >= 15 is 0 Å². The highest BCUT2D eigenvalue weighted by atomic mass is 16.5. The van der Waals surface area contributed by atoms with Crippen LogP contribution >= 0.6 is 0 Å². The Morgan fingerprint density at radius 3 is 2.55 bits per heavy atom. The Morgan fingerprint density at radius 2 is 1.90 bits per heavy atom. The molecule has 5 heteroatoms. The Labute approximate surface area is 119 Å². The summed E-state index contributed by atoms with van der Waals surface area (Å²) in [5, 5.41) is 6.19. The van der Waals surface area contributed by atoms with Gasteiger partial charge in [-0.1, -0.05) is 12.8 Å². The maximum atomic E-state index is 11.1. The van der Waals surface area contributed by atoms with Crippen LogP contribution in [0.3, 0.4) is 0 Å². The van der Waals surface area contributed by atoms with Crippen LogP contribution in [0.15, 0.2) is 24.3 Å². The summed E-state index contributed by atoms with van der Waals surface area (Å²) < 4.78 is 4.55. The number of benzene rings is 1. The van der Waals surface area contributed by atoms with Crippen LogP contribution in [0.4, 0.5) is 16.2 Å². The maximum Gasteiger partial charge on any atom is 0.411 e. The molecule has 2 atom stereocenters. The van der Waals surface area contributed by atoms with Crippen LogP contribution in [0.1, 0.15) is 25.7 Å². The fourth-order valence-electron chi connectivity index (χ4n) is 2.71. The number of nitrogens with one attached hydrogen (secondary N) is 2. The van der Waals surface area contributed by atoms with Crippen molar-refractivity contribution in [2.45, 2.75) is 31.7 Å². The minimum atomic E-state index is -0.457. The van der Waals surface area contributed by atoms with E-state index in [0.717, 1.165) is 17.9 Å². The van der Waals surface area contributed by atoms with Gasteiger partial charge < -0.3 is 15.8 Å². The zero-order valence-corrected chi connectivity index (χ0v) is 11.9. The van der Waals surface area contributed by atoms with Crippen molar-refractivity contribution in [3.63, 3.8) is 0 Å². The highest BCUT2D eigenvalue weighted by Gasteiger charge is 2.23. The molecule has 1 saturated carbocycles. The third kappa shape index (κ3) is 3.87. The van der Waals surface area contributed by atoms with Gasteiger partial charge >= 0.3 is 6.09 Å². The number of hydrogen-bond acceptors (Lipinski definition) is 4. The molecule has 0 bridgehead atoms. The number of rotatable bonds is 4. The minimum Gasteiger partial charge on any atom is -0.453 e. The standard InChI is InChI=1S/C15H23N3O2/c1-20-15(19)18-13-8-6-12(7-9-13)17-14-5-3-2-4-11(14)10-16/h6-9,11,14,17H,2-5,10,16H2,1H3,(H,18,19). The van der Waals surface area contributed by atoms with Gasteiger partial charge in [0.05, 0.1) is 7.11 Å². The van der Waals surface area contributed by atoms with Crippen molar-refractivity contribution >= 4 is 17.5 Å². The zero-order valence-electron chi connectivity index (χ0n) is 11.9. The van der Waals surface area contributed by atoms with Crippen LogP contribution in [0.25, 0.3) is 0 Å². The SMILES string of the molecule is COC(=O)Nc1ccc(NC2CCCCC2CN)cc1. The number of carbonyl (C=O) groups is 1. The van der Waals surface area contributed by atoms with E-state index in [1.54, 1.807) is 0 Å². The van der Waals surface area contributed by atoms with E-state index in [-0.39, 0.29) is 0 Å². The summed E-state index contributed by atoms with van der Waals surface area (Å²) in [6.07, 6.45) is 4.46. The summed E-state index contributed by atoms with van der Waals surface area (Å²) >= 11 is 0. The molecule has 0 radical (unpaired) electrons. The van der Waals surface area contributed by atoms with Gasteiger partial charge in [0, 0.05) is 17.4 Å². The zero-order chi connectivity index (χ0) is 14.4. The number of ether oxygens (including phenoxy) is 1. The number of methoxy groups -OCH3 is 1. The predicted octanol–water partition coefficient (Wildman–Crippen LogP) is 2.79. The highest BCUT2D eigenvalue weighted by molar-refractivity contribution is 5.84. The Bertz CT molecular complexity index is 433. The lowest BCUT2D eigenvalue weighted by atomic mass is 9.84. The van der Waals surface area contributed by atoms with Gasteiger partial charge in [0.1, 0.15) is 0 Å². The van der Waals surface area contributed by atoms with Gasteiger partial charge in [0.2, 0.25) is 0 Å². The molecule has 2 unspecified atom stereocenters. The van der Waals surface area contributed by atoms with Crippen LogP contribution in [0.5, 0.6) is 0 Å². The molecule has 5 nitrogen and oxygen atoms in total. The van der Waals surface area contributed by atoms with Crippen molar-refractivity contribution in [2.24, 2.45) is 11.7 Å². The number of nitrogens with two attached hydrogens (primary N) is 1. The van der Waals surface area contributed by atoms with Crippen LogP contribution < -0.4 is 16.4 Å². The molecule has 20 heavy (non-hydrogen) atoms. The molecule has 1 fully saturated rings. The van der Waals surface area contributed by atoms with E-state index in [2.05, 4.69) is 15.4 Å². The van der Waals surface area contributed by atoms with Crippen molar-refractivity contribution in [3.05, 3.63) is 24.3 Å². The highest BCUT2D eigenvalue weighted by Crippen LogP contribution is 2.27. The van der Waals surface area contributed by atoms with Gasteiger partial charge in [-0.25, -0.2) is 4.79 Å². The van der Waals surface area contributed by atoms with Crippen molar-refractivity contribution in [3.8, 4) is 0 Å². The smallest absolute Gasteiger partial charge is 0.411 e. The first kappa shape index (κ1) is 14.7. The van der Waals surface area contributed by atoms with Crippen LogP contribution in [0, 0.1) is 5.92 Å². The molecule has 2 rings (SSSR count). The van der Waals surface area contributed by atoms with Crippen LogP contribution in [0.2, 0.25) is 0 Å². The van der Waals surface area contributed by atoms with Crippen molar-refractivity contribution in [1.82, 2.24) is 0 Å². The topological polar surface area (TPSA) is 76.4 Å². The molecule has 1 aliphatic carbocycles. The first-order valence-electron chi connectivity index (χ1n) is 7.14. The molecule has 0 aliphatic heterocycles. The van der Waals surface area contributed by atoms with Crippen molar-refractivity contribution in [1.29, 1.82) is 0 Å². The molecule has 0 saturated heterocycles. The molecule has 1 aliphatic rings. The van der Waals surface area contributed by atoms with E-state index in [9.17, 15) is 4.79 Å². The van der Waals surface area contributed by atoms with Crippen LogP contribution in [-0.4, -0.2) is 25.8 Å². The number of carbonyl (C=O) groups excluding carboxylic acids is 1. The average Bonchev–Trinajstić information content (AvgIpc) is 2.49. The van der Waals surface area contributed by atoms with Gasteiger partial charge in [-0.2, -0.15) is 0 Å². The third-order valence-corrected chi connectivity index (χ3v) is 3.88. The second kappa shape index (κ2) is 7.14. The van der Waals surface area contributed by atoms with Gasteiger partial charge in [-0.3, -0.25) is 5.32 Å². The summed E-state index contributed by atoms with van der Waals surface area (Å²) in [6, 6.07) is 8.10. The predicted molar refractivity (Wildman–Crippen MR) is 80.9 cm³/mol. The fourth-order valence-corrected chi connectivity index (χ4v) is 2.71. The third-order valence-electron chi connectivity index (χ3n) is 3.88. The number of amides is 1. The monoisotopic (exact) mass is 277 g/mol. The Hall–Kier alpha value is -1.75. The van der Waals surface area contributed by atoms with Crippen molar-refractivity contribution < 1.29 is 9.53 Å². The summed E-state index contributed by atoms with van der Waals surface area (Å²) in [7, 11) is 1.35. The minimum absolute atomic E-state index is 0.452. The molecule has 1 amide bonds. The molecule has 4 N–H and O–H groups in total. The quantitative estimate of drug-likeness (QED) is 0.791. The Balaban J connectivity index is 1.94. The normalized spacial score (nSPS) is 22.1. The van der Waals surface area contributed by atoms with Crippen LogP contribution in [-0.2, 0) is 4.74 Å². The van der Waals surface area contributed by atoms with E-state index in [0.29, 0.717) is 12.0 Å². The molecular formula is C15H23N3O2. The summed E-state index contributed by atoms with van der Waals surface area (Å²) in [5.74, 6) is 0.552. The van der Waals surface area contributed by atoms with E-state index in [4.69, 9.17) is 5.73 Å². The summed E-state index contributed by atoms with van der Waals surface area (Å²) in [5.41, 5.74) is 7.62. The maximum absolute atomic E-state index is 11.1. The number of hydrogen-bond donors (Lipinski definition) is 3. The van der Waals surface area contributed by atoms with E-state index in [1.165, 1.54) is 32.8 Å². The molecule has 0 heterocycles. The van der Waals surface area contributed by atoms with Gasteiger partial charge in [-0.05, 0) is 49.6 Å². The first-order chi connectivity index (χ1) is 9.72. The summed E-state index contributed by atoms with van der Waals surface area (Å²) in [6.45, 7) is 0.736. The number of anilines is 2. The van der Waals surface area contributed by atoms with E-state index in [1.807, 2.05) is 24.3 Å². The van der Waals surface area contributed by atoms with Crippen molar-refractivity contribution in [2.75, 3.05) is 24.3 Å². The van der Waals surface area contributed by atoms with Gasteiger partial charge in [0.25, 0.3) is 0 Å². The Kier molecular flexibility index (Phi) is 5.24. The largest absolute Gasteiger partial charge is 0.453 e. The molecular weight excluding hydrogens is 254 g/mol. The summed E-state index contributed by atoms with van der Waals surface area (Å²) in [4.78, 5) is 11.1. The lowest BCUT2D eigenvalue weighted by Crippen LogP contribution is -2.36. The molecule has 1 aromatic rings. The average molecular weight is 277 g/mol. The van der Waals surface area contributed by atoms with Gasteiger partial charge in [-0.15, -0.1) is 0 Å². The van der Waals surface area contributed by atoms with E-state index < -0.39 is 6.09 Å². The lowest BCUT2D eigenvalue weighted by Gasteiger charge is -2.32. The second-order valence-corrected chi connectivity index (χ2v) is 5.23.